The Balaban J connectivity index is 2.12. The number of aromatic nitrogens is 2. The van der Waals surface area contributed by atoms with Gasteiger partial charge in [-0.25, -0.2) is 4.98 Å². The first-order valence-electron chi connectivity index (χ1n) is 7.55. The van der Waals surface area contributed by atoms with E-state index in [4.69, 9.17) is 12.2 Å². The van der Waals surface area contributed by atoms with E-state index in [2.05, 4.69) is 27.7 Å². The summed E-state index contributed by atoms with van der Waals surface area (Å²) in [6, 6.07) is 0. The minimum absolute atomic E-state index is 0.0195. The molecule has 0 atom stereocenters. The lowest BCUT2D eigenvalue weighted by molar-refractivity contribution is 0.698. The van der Waals surface area contributed by atoms with E-state index in [1.54, 1.807) is 29.0 Å². The number of rotatable bonds is 4. The van der Waals surface area contributed by atoms with Crippen LogP contribution >= 0.6 is 23.6 Å². The molecule has 0 saturated carbocycles. The number of aryl methyl sites for hydroxylation is 2. The smallest absolute Gasteiger partial charge is 0.264 e. The van der Waals surface area contributed by atoms with Crippen molar-refractivity contribution in [3.63, 3.8) is 0 Å². The lowest BCUT2D eigenvalue weighted by Gasteiger charge is -2.14. The highest BCUT2D eigenvalue weighted by atomic mass is 32.1. The van der Waals surface area contributed by atoms with Crippen molar-refractivity contribution < 1.29 is 0 Å². The largest absolute Gasteiger partial charge is 0.364 e. The second kappa shape index (κ2) is 6.67. The maximum Gasteiger partial charge on any atom is 0.264 e. The van der Waals surface area contributed by atoms with Gasteiger partial charge in [0.1, 0.15) is 4.83 Å². The Labute approximate surface area is 143 Å². The molecule has 0 fully saturated rings. The van der Waals surface area contributed by atoms with E-state index >= 15 is 0 Å². The summed E-state index contributed by atoms with van der Waals surface area (Å²) in [5.74, 6) is 0.443. The predicted molar refractivity (Wildman–Crippen MR) is 99.1 cm³/mol. The summed E-state index contributed by atoms with van der Waals surface area (Å²) in [6.45, 7) is 4.13. The van der Waals surface area contributed by atoms with Crippen LogP contribution in [0.2, 0.25) is 0 Å². The van der Waals surface area contributed by atoms with E-state index in [-0.39, 0.29) is 5.56 Å². The Morgan fingerprint density at radius 1 is 1.48 bits per heavy atom. The topological polar surface area (TPSA) is 71.0 Å². The second-order valence-corrected chi connectivity index (χ2v) is 6.85. The molecule has 2 heterocycles. The lowest BCUT2D eigenvalue weighted by Crippen LogP contribution is -2.39. The molecule has 0 bridgehead atoms. The van der Waals surface area contributed by atoms with Crippen LogP contribution < -0.4 is 21.7 Å². The van der Waals surface area contributed by atoms with E-state index in [1.807, 2.05) is 0 Å². The molecule has 0 amide bonds. The zero-order valence-electron chi connectivity index (χ0n) is 12.9. The van der Waals surface area contributed by atoms with Crippen LogP contribution in [0.5, 0.6) is 0 Å². The standard InChI is InChI=1S/C15H19N5OS2/c1-3-8-20-13(21)11-9-6-4-5-7-10(9)23-12(11)17-14(20)18-19-15(22)16-2/h3H,1,4-8H2,2H3,(H,17,18)(H2,16,19,22). The van der Waals surface area contributed by atoms with Gasteiger partial charge in [-0.1, -0.05) is 6.08 Å². The summed E-state index contributed by atoms with van der Waals surface area (Å²) in [5.41, 5.74) is 6.91. The van der Waals surface area contributed by atoms with E-state index in [1.165, 1.54) is 16.9 Å². The zero-order valence-corrected chi connectivity index (χ0v) is 14.6. The fourth-order valence-electron chi connectivity index (χ4n) is 2.81. The Hall–Kier alpha value is -1.93. The maximum absolute atomic E-state index is 13.0. The van der Waals surface area contributed by atoms with Crippen molar-refractivity contribution in [2.75, 3.05) is 12.5 Å². The van der Waals surface area contributed by atoms with Gasteiger partial charge in [-0.15, -0.1) is 17.9 Å². The molecular formula is C15H19N5OS2. The number of hydrogen-bond donors (Lipinski definition) is 3. The van der Waals surface area contributed by atoms with Crippen molar-refractivity contribution in [1.82, 2.24) is 20.3 Å². The number of thiocarbonyl (C=S) groups is 1. The molecule has 122 valence electrons. The summed E-state index contributed by atoms with van der Waals surface area (Å²) in [7, 11) is 1.72. The quantitative estimate of drug-likeness (QED) is 0.445. The predicted octanol–water partition coefficient (Wildman–Crippen LogP) is 1.94. The highest BCUT2D eigenvalue weighted by Crippen LogP contribution is 2.34. The Morgan fingerprint density at radius 2 is 2.26 bits per heavy atom. The molecule has 0 spiro atoms. The van der Waals surface area contributed by atoms with Gasteiger partial charge in [0.2, 0.25) is 5.95 Å². The lowest BCUT2D eigenvalue weighted by atomic mass is 9.97. The van der Waals surface area contributed by atoms with E-state index < -0.39 is 0 Å². The van der Waals surface area contributed by atoms with Crippen molar-refractivity contribution >= 4 is 44.8 Å². The molecule has 2 aromatic heterocycles. The van der Waals surface area contributed by atoms with Crippen molar-refractivity contribution in [1.29, 1.82) is 0 Å². The van der Waals surface area contributed by atoms with Crippen LogP contribution in [0.1, 0.15) is 23.3 Å². The molecule has 0 radical (unpaired) electrons. The number of anilines is 1. The summed E-state index contributed by atoms with van der Waals surface area (Å²) in [6.07, 6.45) is 6.02. The van der Waals surface area contributed by atoms with Gasteiger partial charge in [-0.2, -0.15) is 0 Å². The Morgan fingerprint density at radius 3 is 3.00 bits per heavy atom. The fraction of sp³-hybridized carbons (Fsp3) is 0.400. The number of thiophene rings is 1. The third kappa shape index (κ3) is 2.96. The highest BCUT2D eigenvalue weighted by Gasteiger charge is 2.21. The summed E-state index contributed by atoms with van der Waals surface area (Å²) in [4.78, 5) is 19.7. The molecule has 0 aromatic carbocycles. The summed E-state index contributed by atoms with van der Waals surface area (Å²) >= 11 is 6.67. The fourth-order valence-corrected chi connectivity index (χ4v) is 4.11. The normalized spacial score (nSPS) is 13.4. The van der Waals surface area contributed by atoms with E-state index in [0.29, 0.717) is 17.6 Å². The molecule has 0 saturated heterocycles. The van der Waals surface area contributed by atoms with Crippen LogP contribution in [0.15, 0.2) is 17.4 Å². The SMILES string of the molecule is C=CCn1c(NNC(=S)NC)nc2sc3c(c2c1=O)CCCC3. The summed E-state index contributed by atoms with van der Waals surface area (Å²) < 4.78 is 1.59. The number of hydrazine groups is 1. The Kier molecular flexibility index (Phi) is 4.63. The van der Waals surface area contributed by atoms with E-state index in [0.717, 1.165) is 29.5 Å². The van der Waals surface area contributed by atoms with Gasteiger partial charge in [0.05, 0.1) is 5.39 Å². The average Bonchev–Trinajstić information content (AvgIpc) is 2.94. The second-order valence-electron chi connectivity index (χ2n) is 5.36. The van der Waals surface area contributed by atoms with Crippen molar-refractivity contribution in [3.05, 3.63) is 33.4 Å². The maximum atomic E-state index is 13.0. The third-order valence-electron chi connectivity index (χ3n) is 3.90. The number of nitrogens with zero attached hydrogens (tertiary/aromatic N) is 2. The molecule has 8 heteroatoms. The minimum atomic E-state index is -0.0195. The van der Waals surface area contributed by atoms with Crippen LogP contribution in [-0.2, 0) is 19.4 Å². The van der Waals surface area contributed by atoms with Gasteiger partial charge in [0, 0.05) is 18.5 Å². The van der Waals surface area contributed by atoms with Gasteiger partial charge in [-0.05, 0) is 43.5 Å². The summed E-state index contributed by atoms with van der Waals surface area (Å²) in [5, 5.41) is 4.00. The van der Waals surface area contributed by atoms with Gasteiger partial charge < -0.3 is 5.32 Å². The number of allylic oxidation sites excluding steroid dienone is 1. The Bertz CT molecular complexity index is 823. The van der Waals surface area contributed by atoms with Crippen LogP contribution in [-0.4, -0.2) is 21.7 Å². The molecule has 1 aliphatic carbocycles. The van der Waals surface area contributed by atoms with Crippen LogP contribution in [0.25, 0.3) is 10.2 Å². The monoisotopic (exact) mass is 349 g/mol. The molecular weight excluding hydrogens is 330 g/mol. The number of fused-ring (bicyclic) bond motifs is 3. The van der Waals surface area contributed by atoms with Gasteiger partial charge in [-0.3, -0.25) is 20.2 Å². The van der Waals surface area contributed by atoms with Crippen LogP contribution in [0.3, 0.4) is 0 Å². The minimum Gasteiger partial charge on any atom is -0.364 e. The first-order valence-corrected chi connectivity index (χ1v) is 8.78. The van der Waals surface area contributed by atoms with E-state index in [9.17, 15) is 4.79 Å². The molecule has 3 rings (SSSR count). The molecule has 23 heavy (non-hydrogen) atoms. The van der Waals surface area contributed by atoms with Crippen molar-refractivity contribution in [3.8, 4) is 0 Å². The molecule has 6 nitrogen and oxygen atoms in total. The molecule has 1 aliphatic rings. The van der Waals surface area contributed by atoms with Gasteiger partial charge >= 0.3 is 0 Å². The number of hydrogen-bond acceptors (Lipinski definition) is 5. The first-order chi connectivity index (χ1) is 11.2. The molecule has 2 aromatic rings. The molecule has 0 unspecified atom stereocenters. The molecule has 0 aliphatic heterocycles. The molecule has 3 N–H and O–H groups in total. The average molecular weight is 349 g/mol. The third-order valence-corrected chi connectivity index (χ3v) is 5.39. The van der Waals surface area contributed by atoms with Crippen LogP contribution in [0.4, 0.5) is 5.95 Å². The first kappa shape index (κ1) is 15.9. The van der Waals surface area contributed by atoms with Crippen molar-refractivity contribution in [2.24, 2.45) is 0 Å². The van der Waals surface area contributed by atoms with Crippen LogP contribution in [0, 0.1) is 0 Å². The zero-order chi connectivity index (χ0) is 16.4. The number of nitrogens with one attached hydrogen (secondary N) is 3. The van der Waals surface area contributed by atoms with Gasteiger partial charge in [0.25, 0.3) is 5.56 Å². The van der Waals surface area contributed by atoms with Gasteiger partial charge in [0.15, 0.2) is 5.11 Å². The van der Waals surface area contributed by atoms with Crippen molar-refractivity contribution in [2.45, 2.75) is 32.2 Å². The highest BCUT2D eigenvalue weighted by molar-refractivity contribution is 7.80.